The molecule has 0 unspecified atom stereocenters. The molecule has 0 saturated carbocycles. The average molecular weight is 299 g/mol. The largest absolute Gasteiger partial charge is 1.00 e. The average Bonchev–Trinajstić information content (AvgIpc) is 2.39. The number of rotatable bonds is 4. The van der Waals surface area contributed by atoms with Gasteiger partial charge in [-0.15, -0.1) is 0 Å². The van der Waals surface area contributed by atoms with Gasteiger partial charge in [0.15, 0.2) is 6.20 Å². The minimum atomic E-state index is -0.721. The minimum Gasteiger partial charge on any atom is -1.00 e. The normalized spacial score (nSPS) is 9.00. The molecule has 1 aromatic rings. The highest BCUT2D eigenvalue weighted by Crippen LogP contribution is 2.04. The third-order valence-corrected chi connectivity index (χ3v) is 2.20. The van der Waals surface area contributed by atoms with Crippen molar-refractivity contribution in [3.05, 3.63) is 16.6 Å². The van der Waals surface area contributed by atoms with Crippen molar-refractivity contribution in [1.82, 2.24) is 0 Å². The second-order valence-electron chi connectivity index (χ2n) is 2.24. The van der Waals surface area contributed by atoms with E-state index in [4.69, 9.17) is 5.11 Å². The maximum Gasteiger partial charge on any atom is 0.303 e. The van der Waals surface area contributed by atoms with Gasteiger partial charge in [-0.3, -0.25) is 4.79 Å². The maximum absolute atomic E-state index is 10.1. The number of hydrogen-bond donors (Lipinski definition) is 1. The molecular formula is C7H10INO2S. The van der Waals surface area contributed by atoms with Crippen LogP contribution in [0.5, 0.6) is 0 Å². The predicted octanol–water partition coefficient (Wildman–Crippen LogP) is -2.03. The molecule has 0 amide bonds. The van der Waals surface area contributed by atoms with Gasteiger partial charge in [0, 0.05) is 12.8 Å². The Labute approximate surface area is 91.9 Å². The Morgan fingerprint density at radius 1 is 1.67 bits per heavy atom. The lowest BCUT2D eigenvalue weighted by Gasteiger charge is -1.88. The van der Waals surface area contributed by atoms with Crippen molar-refractivity contribution in [2.45, 2.75) is 19.3 Å². The summed E-state index contributed by atoms with van der Waals surface area (Å²) >= 11 is 1.63. The van der Waals surface area contributed by atoms with Crippen molar-refractivity contribution in [1.29, 1.82) is 0 Å². The van der Waals surface area contributed by atoms with Gasteiger partial charge in [0.25, 0.3) is 0 Å². The van der Waals surface area contributed by atoms with Crippen molar-refractivity contribution in [2.75, 3.05) is 0 Å². The maximum atomic E-state index is 10.1. The zero-order valence-corrected chi connectivity index (χ0v) is 9.39. The summed E-state index contributed by atoms with van der Waals surface area (Å²) in [5.41, 5.74) is 0. The van der Waals surface area contributed by atoms with Gasteiger partial charge in [-0.05, 0) is 6.42 Å². The van der Waals surface area contributed by atoms with E-state index < -0.39 is 5.97 Å². The number of aromatic nitrogens is 1. The van der Waals surface area contributed by atoms with Crippen LogP contribution in [0.4, 0.5) is 0 Å². The highest BCUT2D eigenvalue weighted by atomic mass is 127. The SMILES string of the molecule is O=C(O)CCCc1[nH+]ccs1.[I-]. The van der Waals surface area contributed by atoms with Crippen LogP contribution in [0, 0.1) is 0 Å². The van der Waals surface area contributed by atoms with E-state index in [0.29, 0.717) is 6.42 Å². The van der Waals surface area contributed by atoms with Crippen molar-refractivity contribution in [3.8, 4) is 0 Å². The molecular weight excluding hydrogens is 289 g/mol. The Bertz CT molecular complexity index is 225. The molecule has 0 bridgehead atoms. The van der Waals surface area contributed by atoms with E-state index in [-0.39, 0.29) is 30.4 Å². The number of hydrogen-bond acceptors (Lipinski definition) is 2. The number of aromatic amines is 1. The first-order valence-electron chi connectivity index (χ1n) is 3.45. The van der Waals surface area contributed by atoms with E-state index in [9.17, 15) is 4.79 Å². The molecule has 1 rings (SSSR count). The lowest BCUT2D eigenvalue weighted by atomic mass is 10.2. The van der Waals surface area contributed by atoms with Gasteiger partial charge >= 0.3 is 5.97 Å². The zero-order valence-electron chi connectivity index (χ0n) is 6.42. The van der Waals surface area contributed by atoms with Crippen molar-refractivity contribution >= 4 is 17.3 Å². The van der Waals surface area contributed by atoms with Crippen LogP contribution in [0.1, 0.15) is 17.8 Å². The molecule has 0 aliphatic carbocycles. The van der Waals surface area contributed by atoms with E-state index in [2.05, 4.69) is 4.98 Å². The molecule has 1 heterocycles. The summed E-state index contributed by atoms with van der Waals surface area (Å²) in [6, 6.07) is 0. The van der Waals surface area contributed by atoms with Gasteiger partial charge in [-0.25, -0.2) is 4.98 Å². The van der Waals surface area contributed by atoms with Crippen LogP contribution in [0.2, 0.25) is 0 Å². The number of carboxylic acids is 1. The fourth-order valence-corrected chi connectivity index (χ4v) is 1.51. The Morgan fingerprint density at radius 2 is 2.42 bits per heavy atom. The Balaban J connectivity index is 0.00000121. The number of carboxylic acid groups (broad SMARTS) is 1. The Morgan fingerprint density at radius 3 is 2.92 bits per heavy atom. The molecule has 2 N–H and O–H groups in total. The predicted molar refractivity (Wildman–Crippen MR) is 41.4 cm³/mol. The fraction of sp³-hybridized carbons (Fsp3) is 0.429. The number of halogens is 1. The molecule has 12 heavy (non-hydrogen) atoms. The number of thiazole rings is 1. The van der Waals surface area contributed by atoms with E-state index in [1.165, 1.54) is 0 Å². The van der Waals surface area contributed by atoms with Crippen molar-refractivity contribution < 1.29 is 38.9 Å². The molecule has 5 heteroatoms. The number of aryl methyl sites for hydroxylation is 1. The summed E-state index contributed by atoms with van der Waals surface area (Å²) in [5, 5.41) is 11.4. The number of nitrogens with one attached hydrogen (secondary N) is 1. The second-order valence-corrected chi connectivity index (χ2v) is 3.24. The molecule has 0 aromatic carbocycles. The summed E-state index contributed by atoms with van der Waals surface area (Å²) in [6.45, 7) is 0. The van der Waals surface area contributed by atoms with Crippen LogP contribution in [-0.4, -0.2) is 11.1 Å². The van der Waals surface area contributed by atoms with E-state index >= 15 is 0 Å². The quantitative estimate of drug-likeness (QED) is 0.652. The molecule has 0 spiro atoms. The molecule has 0 saturated heterocycles. The first kappa shape index (κ1) is 11.8. The summed E-state index contributed by atoms with van der Waals surface area (Å²) in [6.07, 6.45) is 3.67. The lowest BCUT2D eigenvalue weighted by molar-refractivity contribution is -0.382. The molecule has 68 valence electrons. The fourth-order valence-electron chi connectivity index (χ4n) is 0.808. The van der Waals surface area contributed by atoms with E-state index in [1.807, 2.05) is 11.6 Å². The Kier molecular flexibility index (Phi) is 6.27. The molecule has 0 radical (unpaired) electrons. The Hall–Kier alpha value is -0.170. The number of carbonyl (C=O) groups is 1. The molecule has 1 aromatic heterocycles. The third kappa shape index (κ3) is 4.66. The smallest absolute Gasteiger partial charge is 0.303 e. The highest BCUT2D eigenvalue weighted by Gasteiger charge is 2.03. The van der Waals surface area contributed by atoms with Crippen molar-refractivity contribution in [2.24, 2.45) is 0 Å². The van der Waals surface area contributed by atoms with Crippen LogP contribution in [-0.2, 0) is 11.2 Å². The van der Waals surface area contributed by atoms with E-state index in [1.54, 1.807) is 11.3 Å². The van der Waals surface area contributed by atoms with E-state index in [0.717, 1.165) is 11.4 Å². The standard InChI is InChI=1S/C7H9NO2S.HI/c9-7(10)3-1-2-6-8-4-5-11-6;/h4-5H,1-3H2,(H,9,10);1H. The first-order valence-corrected chi connectivity index (χ1v) is 4.33. The van der Waals surface area contributed by atoms with Gasteiger partial charge in [0.05, 0.1) is 5.38 Å². The molecule has 0 atom stereocenters. The summed E-state index contributed by atoms with van der Waals surface area (Å²) in [5.74, 6) is -0.721. The highest BCUT2D eigenvalue weighted by molar-refractivity contribution is 7.09. The summed E-state index contributed by atoms with van der Waals surface area (Å²) < 4.78 is 0. The molecule has 0 aliphatic rings. The van der Waals surface area contributed by atoms with Gasteiger partial charge in [-0.1, -0.05) is 11.3 Å². The number of H-pyrrole nitrogens is 1. The third-order valence-electron chi connectivity index (χ3n) is 1.32. The molecule has 3 nitrogen and oxygen atoms in total. The second kappa shape index (κ2) is 6.36. The molecule has 0 aliphatic heterocycles. The van der Waals surface area contributed by atoms with Gasteiger partial charge < -0.3 is 29.1 Å². The first-order chi connectivity index (χ1) is 5.29. The number of aliphatic carboxylic acids is 1. The van der Waals surface area contributed by atoms with Gasteiger partial charge in [0.1, 0.15) is 0 Å². The topological polar surface area (TPSA) is 51.4 Å². The van der Waals surface area contributed by atoms with Crippen LogP contribution >= 0.6 is 11.3 Å². The monoisotopic (exact) mass is 299 g/mol. The van der Waals surface area contributed by atoms with Crippen LogP contribution in [0.25, 0.3) is 0 Å². The summed E-state index contributed by atoms with van der Waals surface area (Å²) in [4.78, 5) is 13.2. The van der Waals surface area contributed by atoms with Gasteiger partial charge in [0.2, 0.25) is 5.01 Å². The lowest BCUT2D eigenvalue weighted by Crippen LogP contribution is -3.00. The van der Waals surface area contributed by atoms with Crippen LogP contribution in [0.15, 0.2) is 11.6 Å². The van der Waals surface area contributed by atoms with Crippen molar-refractivity contribution in [3.63, 3.8) is 0 Å². The minimum absolute atomic E-state index is 0. The summed E-state index contributed by atoms with van der Waals surface area (Å²) in [7, 11) is 0. The van der Waals surface area contributed by atoms with Gasteiger partial charge in [-0.2, -0.15) is 0 Å². The molecule has 0 fully saturated rings. The van der Waals surface area contributed by atoms with Crippen LogP contribution < -0.4 is 29.0 Å². The van der Waals surface area contributed by atoms with Crippen LogP contribution in [0.3, 0.4) is 0 Å². The zero-order chi connectivity index (χ0) is 8.10.